The van der Waals surface area contributed by atoms with Gasteiger partial charge in [-0.25, -0.2) is 4.79 Å². The highest BCUT2D eigenvalue weighted by Gasteiger charge is 2.43. The number of rotatable bonds is 9. The number of ether oxygens (including phenoxy) is 5. The predicted octanol–water partition coefficient (Wildman–Crippen LogP) is 5.42. The Morgan fingerprint density at radius 3 is 2.27 bits per heavy atom. The molecule has 9 nitrogen and oxygen atoms in total. The molecule has 9 heteroatoms. The van der Waals surface area contributed by atoms with Crippen molar-refractivity contribution in [3.05, 3.63) is 94.2 Å². The number of allylic oxidation sites excluding steroid dienone is 3. The minimum Gasteiger partial charge on any atom is -0.497 e. The number of nitrogens with one attached hydrogen (secondary N) is 1. The zero-order valence-electron chi connectivity index (χ0n) is 23.7. The van der Waals surface area contributed by atoms with Crippen LogP contribution in [0.2, 0.25) is 0 Å². The van der Waals surface area contributed by atoms with Gasteiger partial charge in [-0.1, -0.05) is 12.1 Å². The van der Waals surface area contributed by atoms with E-state index in [0.717, 1.165) is 17.0 Å². The maximum absolute atomic E-state index is 13.9. The number of methoxy groups -OCH3 is 4. The lowest BCUT2D eigenvalue weighted by molar-refractivity contribution is -0.140. The molecule has 2 heterocycles. The molecule has 3 aromatic rings. The molecule has 41 heavy (non-hydrogen) atoms. The summed E-state index contributed by atoms with van der Waals surface area (Å²) in [5.74, 6) is 1.32. The zero-order chi connectivity index (χ0) is 29.1. The van der Waals surface area contributed by atoms with E-state index in [1.54, 1.807) is 37.6 Å². The number of hydrogen-bond donors (Lipinski definition) is 1. The minimum atomic E-state index is -0.755. The van der Waals surface area contributed by atoms with Crippen LogP contribution in [0.25, 0.3) is 0 Å². The molecule has 0 saturated heterocycles. The molecule has 0 radical (unpaired) electrons. The van der Waals surface area contributed by atoms with Crippen molar-refractivity contribution in [2.45, 2.75) is 38.2 Å². The minimum absolute atomic E-state index is 0.0514. The fourth-order valence-corrected chi connectivity index (χ4v) is 5.57. The van der Waals surface area contributed by atoms with Gasteiger partial charge in [-0.05, 0) is 49.2 Å². The molecule has 1 N–H and O–H groups in total. The van der Waals surface area contributed by atoms with E-state index in [9.17, 15) is 9.59 Å². The molecule has 2 aliphatic rings. The van der Waals surface area contributed by atoms with Crippen molar-refractivity contribution in [1.29, 1.82) is 0 Å². The van der Waals surface area contributed by atoms with Gasteiger partial charge in [0.2, 0.25) is 0 Å². The summed E-state index contributed by atoms with van der Waals surface area (Å²) in [6, 6.07) is 14.4. The van der Waals surface area contributed by atoms with Crippen LogP contribution in [0.1, 0.15) is 48.5 Å². The van der Waals surface area contributed by atoms with Crippen LogP contribution in [0, 0.1) is 0 Å². The smallest absolute Gasteiger partial charge is 0.337 e. The Bertz CT molecular complexity index is 1500. The molecular formula is C32H33NO8. The molecule has 2 atom stereocenters. The number of hydrogen-bond acceptors (Lipinski definition) is 9. The third-order valence-electron chi connectivity index (χ3n) is 7.57. The summed E-state index contributed by atoms with van der Waals surface area (Å²) in [5.41, 5.74) is 3.57. The molecule has 0 spiro atoms. The first-order chi connectivity index (χ1) is 19.9. The first-order valence-electron chi connectivity index (χ1n) is 13.3. The quantitative estimate of drug-likeness (QED) is 0.344. The topological polar surface area (TPSA) is 105 Å². The second kappa shape index (κ2) is 11.8. The molecule has 0 saturated carbocycles. The molecule has 1 aromatic heterocycles. The van der Waals surface area contributed by atoms with Gasteiger partial charge in [0.15, 0.2) is 17.3 Å². The maximum Gasteiger partial charge on any atom is 0.337 e. The van der Waals surface area contributed by atoms with Gasteiger partial charge in [0.05, 0.1) is 46.2 Å². The standard InChI is InChI=1S/C32H33NO8/c1-18-29(32(35)41-17-19-8-10-21(36-2)11-9-19)30(22-15-27(38-4)28(39-5)16-26(22)37-3)31-23(33-18)13-20(14-24(31)34)25-7-6-12-40-25/h6-12,15-16,20,30,33H,13-14,17H2,1-5H3/t20-,30+/m0/s1. The number of ketones is 1. The molecule has 1 aliphatic heterocycles. The van der Waals surface area contributed by atoms with Crippen molar-refractivity contribution < 1.29 is 37.7 Å². The van der Waals surface area contributed by atoms with Crippen LogP contribution in [0.4, 0.5) is 0 Å². The molecule has 0 fully saturated rings. The highest BCUT2D eigenvalue weighted by molar-refractivity contribution is 6.04. The molecule has 1 aliphatic carbocycles. The predicted molar refractivity (Wildman–Crippen MR) is 150 cm³/mol. The number of esters is 1. The Labute approximate surface area is 238 Å². The lowest BCUT2D eigenvalue weighted by Gasteiger charge is -2.36. The number of furan rings is 1. The first kappa shape index (κ1) is 27.9. The van der Waals surface area contributed by atoms with Crippen molar-refractivity contribution in [1.82, 2.24) is 5.32 Å². The van der Waals surface area contributed by atoms with Crippen molar-refractivity contribution in [3.8, 4) is 23.0 Å². The zero-order valence-corrected chi connectivity index (χ0v) is 23.7. The Balaban J connectivity index is 1.58. The number of Topliss-reactive ketones (excluding diaryl/α,β-unsaturated/α-hetero) is 1. The van der Waals surface area contributed by atoms with Crippen molar-refractivity contribution in [2.24, 2.45) is 0 Å². The monoisotopic (exact) mass is 559 g/mol. The lowest BCUT2D eigenvalue weighted by atomic mass is 9.72. The molecular weight excluding hydrogens is 526 g/mol. The van der Waals surface area contributed by atoms with Crippen LogP contribution in [0.15, 0.2) is 81.8 Å². The first-order valence-corrected chi connectivity index (χ1v) is 13.3. The summed E-state index contributed by atoms with van der Waals surface area (Å²) >= 11 is 0. The second-order valence-electron chi connectivity index (χ2n) is 9.91. The van der Waals surface area contributed by atoms with Gasteiger partial charge in [-0.2, -0.15) is 0 Å². The Morgan fingerprint density at radius 1 is 0.927 bits per heavy atom. The average Bonchev–Trinajstić information content (AvgIpc) is 3.54. The molecule has 5 rings (SSSR count). The third-order valence-corrected chi connectivity index (χ3v) is 7.57. The van der Waals surface area contributed by atoms with Crippen LogP contribution in [-0.2, 0) is 20.9 Å². The highest BCUT2D eigenvalue weighted by atomic mass is 16.5. The van der Waals surface area contributed by atoms with Crippen LogP contribution in [0.5, 0.6) is 23.0 Å². The van der Waals surface area contributed by atoms with E-state index >= 15 is 0 Å². The summed E-state index contributed by atoms with van der Waals surface area (Å²) in [4.78, 5) is 27.7. The van der Waals surface area contributed by atoms with E-state index in [1.165, 1.54) is 21.3 Å². The van der Waals surface area contributed by atoms with Crippen LogP contribution in [-0.4, -0.2) is 40.2 Å². The molecule has 0 unspecified atom stereocenters. The highest BCUT2D eigenvalue weighted by Crippen LogP contribution is 2.50. The van der Waals surface area contributed by atoms with Crippen LogP contribution >= 0.6 is 0 Å². The van der Waals surface area contributed by atoms with Gasteiger partial charge in [-0.3, -0.25) is 4.79 Å². The van der Waals surface area contributed by atoms with E-state index < -0.39 is 11.9 Å². The average molecular weight is 560 g/mol. The van der Waals surface area contributed by atoms with Crippen molar-refractivity contribution in [2.75, 3.05) is 28.4 Å². The summed E-state index contributed by atoms with van der Waals surface area (Å²) < 4.78 is 33.5. The third kappa shape index (κ3) is 5.39. The van der Waals surface area contributed by atoms with Gasteiger partial charge >= 0.3 is 5.97 Å². The van der Waals surface area contributed by atoms with Crippen LogP contribution in [0.3, 0.4) is 0 Å². The fraction of sp³-hybridized carbons (Fsp3) is 0.312. The maximum atomic E-state index is 13.9. The summed E-state index contributed by atoms with van der Waals surface area (Å²) in [6.45, 7) is 1.87. The van der Waals surface area contributed by atoms with E-state index in [-0.39, 0.29) is 24.7 Å². The second-order valence-corrected chi connectivity index (χ2v) is 9.91. The van der Waals surface area contributed by atoms with E-state index in [1.807, 2.05) is 31.2 Å². The van der Waals surface area contributed by atoms with Crippen molar-refractivity contribution in [3.63, 3.8) is 0 Å². The summed E-state index contributed by atoms with van der Waals surface area (Å²) in [6.07, 6.45) is 2.40. The molecule has 214 valence electrons. The van der Waals surface area contributed by atoms with Gasteiger partial charge < -0.3 is 33.4 Å². The van der Waals surface area contributed by atoms with Gasteiger partial charge in [0.25, 0.3) is 0 Å². The fourth-order valence-electron chi connectivity index (χ4n) is 5.57. The Hall–Kier alpha value is -4.66. The van der Waals surface area contributed by atoms with Crippen molar-refractivity contribution >= 4 is 11.8 Å². The van der Waals surface area contributed by atoms with Gasteiger partial charge in [-0.15, -0.1) is 0 Å². The van der Waals surface area contributed by atoms with E-state index in [2.05, 4.69) is 5.32 Å². The molecule has 0 bridgehead atoms. The summed E-state index contributed by atoms with van der Waals surface area (Å²) in [5, 5.41) is 3.36. The van der Waals surface area contributed by atoms with Gasteiger partial charge in [0.1, 0.15) is 23.9 Å². The van der Waals surface area contributed by atoms with E-state index in [0.29, 0.717) is 51.8 Å². The normalized spacial score (nSPS) is 18.4. The Morgan fingerprint density at radius 2 is 1.63 bits per heavy atom. The van der Waals surface area contributed by atoms with E-state index in [4.69, 9.17) is 28.1 Å². The molecule has 0 amide bonds. The number of benzene rings is 2. The van der Waals surface area contributed by atoms with Crippen LogP contribution < -0.4 is 24.3 Å². The number of carbonyl (C=O) groups is 2. The molecule has 2 aromatic carbocycles. The lowest BCUT2D eigenvalue weighted by Crippen LogP contribution is -2.36. The number of carbonyl (C=O) groups excluding carboxylic acids is 2. The summed E-state index contributed by atoms with van der Waals surface area (Å²) in [7, 11) is 6.20. The Kier molecular flexibility index (Phi) is 8.05. The largest absolute Gasteiger partial charge is 0.497 e. The number of dihydropyridines is 1. The SMILES string of the molecule is COc1ccc(COC(=O)C2=C(C)NC3=C(C(=O)C[C@@H](c4ccco4)C3)[C@@H]2c2cc(OC)c(OC)cc2OC)cc1. The van der Waals surface area contributed by atoms with Gasteiger partial charge in [0, 0.05) is 40.9 Å².